The lowest BCUT2D eigenvalue weighted by molar-refractivity contribution is 0.209. The molecule has 0 spiro atoms. The highest BCUT2D eigenvalue weighted by Crippen LogP contribution is 2.15. The average Bonchev–Trinajstić information content (AvgIpc) is 2.56. The van der Waals surface area contributed by atoms with E-state index in [0.29, 0.717) is 4.64 Å². The molecule has 1 heterocycles. The molecule has 0 aliphatic heterocycles. The summed E-state index contributed by atoms with van der Waals surface area (Å²) in [6.45, 7) is 2.07. The van der Waals surface area contributed by atoms with Crippen molar-refractivity contribution < 1.29 is 9.13 Å². The summed E-state index contributed by atoms with van der Waals surface area (Å²) >= 11 is 5.08. The summed E-state index contributed by atoms with van der Waals surface area (Å²) in [7, 11) is 0. The van der Waals surface area contributed by atoms with Gasteiger partial charge >= 0.3 is 0 Å². The lowest BCUT2D eigenvalue weighted by atomic mass is 10.3. The molecule has 2 aromatic rings. The van der Waals surface area contributed by atoms with Gasteiger partial charge in [-0.3, -0.25) is 5.10 Å². The van der Waals surface area contributed by atoms with E-state index in [1.807, 2.05) is 13.0 Å². The number of H-pyrrole nitrogens is 1. The van der Waals surface area contributed by atoms with E-state index in [0.717, 1.165) is 5.69 Å². The molecule has 0 bridgehead atoms. The number of para-hydroxylation sites is 1. The van der Waals surface area contributed by atoms with E-state index in [1.54, 1.807) is 22.9 Å². The van der Waals surface area contributed by atoms with Gasteiger partial charge in [-0.2, -0.15) is 0 Å². The van der Waals surface area contributed by atoms with Crippen LogP contribution in [-0.4, -0.2) is 9.78 Å². The maximum absolute atomic E-state index is 13.2. The quantitative estimate of drug-likeness (QED) is 0.833. The Hall–Kier alpha value is -1.62. The second kappa shape index (κ2) is 4.49. The number of nitrogens with zero attached hydrogens (tertiary/aromatic N) is 1. The third-order valence-corrected chi connectivity index (χ3v) is 2.44. The van der Waals surface area contributed by atoms with Crippen LogP contribution in [0.3, 0.4) is 0 Å². The summed E-state index contributed by atoms with van der Waals surface area (Å²) in [6.07, 6.45) is 0. The van der Waals surface area contributed by atoms with Crippen LogP contribution in [0.25, 0.3) is 0 Å². The molecule has 1 N–H and O–H groups in total. The van der Waals surface area contributed by atoms with E-state index in [-0.39, 0.29) is 18.3 Å². The highest BCUT2D eigenvalue weighted by molar-refractivity contribution is 7.71. The molecule has 5 heteroatoms. The summed E-state index contributed by atoms with van der Waals surface area (Å²) in [6, 6.07) is 8.09. The number of aromatic nitrogens is 2. The highest BCUT2D eigenvalue weighted by Gasteiger charge is 2.02. The molecule has 0 atom stereocenters. The minimum absolute atomic E-state index is 0.174. The number of halogens is 1. The standard InChI is InChI=1S/C11H11FN2OS/c1-8-6-11(16)14(13-8)7-15-10-5-3-2-4-9(10)12/h2-6,13H,7H2,1H3. The van der Waals surface area contributed by atoms with Crippen molar-refractivity contribution in [3.05, 3.63) is 46.5 Å². The van der Waals surface area contributed by atoms with Crippen molar-refractivity contribution in [3.8, 4) is 5.75 Å². The van der Waals surface area contributed by atoms with Gasteiger partial charge in [0.1, 0.15) is 4.64 Å². The van der Waals surface area contributed by atoms with Crippen molar-refractivity contribution >= 4 is 12.2 Å². The second-order valence-electron chi connectivity index (χ2n) is 3.41. The first kappa shape index (κ1) is 10.9. The molecular formula is C11H11FN2OS. The van der Waals surface area contributed by atoms with Gasteiger partial charge in [0.05, 0.1) is 0 Å². The van der Waals surface area contributed by atoms with Gasteiger partial charge in [-0.15, -0.1) is 0 Å². The number of hydrogen-bond donors (Lipinski definition) is 1. The van der Waals surface area contributed by atoms with Crippen LogP contribution in [-0.2, 0) is 6.73 Å². The van der Waals surface area contributed by atoms with Crippen molar-refractivity contribution in [1.82, 2.24) is 9.78 Å². The maximum atomic E-state index is 13.2. The summed E-state index contributed by atoms with van der Waals surface area (Å²) in [5, 5.41) is 3.00. The Morgan fingerprint density at radius 2 is 2.19 bits per heavy atom. The second-order valence-corrected chi connectivity index (χ2v) is 3.83. The Balaban J connectivity index is 2.11. The van der Waals surface area contributed by atoms with Crippen molar-refractivity contribution in [1.29, 1.82) is 0 Å². The van der Waals surface area contributed by atoms with Crippen LogP contribution in [0.1, 0.15) is 5.69 Å². The molecule has 0 saturated heterocycles. The first-order valence-electron chi connectivity index (χ1n) is 4.80. The van der Waals surface area contributed by atoms with Crippen LogP contribution in [0.5, 0.6) is 5.75 Å². The predicted molar refractivity (Wildman–Crippen MR) is 61.4 cm³/mol. The van der Waals surface area contributed by atoms with Crippen LogP contribution in [0, 0.1) is 17.4 Å². The number of nitrogens with one attached hydrogen (secondary N) is 1. The topological polar surface area (TPSA) is 29.9 Å². The van der Waals surface area contributed by atoms with Gasteiger partial charge in [0.25, 0.3) is 0 Å². The smallest absolute Gasteiger partial charge is 0.180 e. The number of hydrogen-bond acceptors (Lipinski definition) is 2. The normalized spacial score (nSPS) is 10.4. The molecule has 0 fully saturated rings. The largest absolute Gasteiger partial charge is 0.468 e. The van der Waals surface area contributed by atoms with Gasteiger partial charge in [-0.05, 0) is 25.1 Å². The Labute approximate surface area is 97.5 Å². The van der Waals surface area contributed by atoms with E-state index < -0.39 is 0 Å². The Kier molecular flexibility index (Phi) is 3.05. The van der Waals surface area contributed by atoms with E-state index in [9.17, 15) is 4.39 Å². The fourth-order valence-corrected chi connectivity index (χ4v) is 1.63. The molecule has 1 aromatic carbocycles. The van der Waals surface area contributed by atoms with Crippen molar-refractivity contribution in [2.24, 2.45) is 0 Å². The van der Waals surface area contributed by atoms with Crippen LogP contribution < -0.4 is 4.74 Å². The van der Waals surface area contributed by atoms with Crippen LogP contribution >= 0.6 is 12.2 Å². The fraction of sp³-hybridized carbons (Fsp3) is 0.182. The lowest BCUT2D eigenvalue weighted by Crippen LogP contribution is -2.07. The van der Waals surface area contributed by atoms with Crippen LogP contribution in [0.15, 0.2) is 30.3 Å². The van der Waals surface area contributed by atoms with Gasteiger partial charge in [-0.25, -0.2) is 9.07 Å². The SMILES string of the molecule is Cc1cc(=S)n(COc2ccccc2F)[nH]1. The average molecular weight is 238 g/mol. The first-order valence-corrected chi connectivity index (χ1v) is 5.21. The highest BCUT2D eigenvalue weighted by atomic mass is 32.1. The van der Waals surface area contributed by atoms with Gasteiger partial charge in [0.15, 0.2) is 18.3 Å². The summed E-state index contributed by atoms with van der Waals surface area (Å²) in [4.78, 5) is 0. The predicted octanol–water partition coefficient (Wildman–Crippen LogP) is 3.03. The number of ether oxygens (including phenoxy) is 1. The Morgan fingerprint density at radius 1 is 1.44 bits per heavy atom. The van der Waals surface area contributed by atoms with Crippen LogP contribution in [0.2, 0.25) is 0 Å². The number of rotatable bonds is 3. The minimum Gasteiger partial charge on any atom is -0.468 e. The summed E-state index contributed by atoms with van der Waals surface area (Å²) in [5.74, 6) is -0.158. The van der Waals surface area contributed by atoms with E-state index in [4.69, 9.17) is 17.0 Å². The van der Waals surface area contributed by atoms with E-state index >= 15 is 0 Å². The molecule has 0 unspecified atom stereocenters. The third kappa shape index (κ3) is 2.30. The molecule has 0 saturated carbocycles. The molecular weight excluding hydrogens is 227 g/mol. The van der Waals surface area contributed by atoms with Crippen molar-refractivity contribution in [3.63, 3.8) is 0 Å². The molecule has 84 valence electrons. The molecule has 16 heavy (non-hydrogen) atoms. The van der Waals surface area contributed by atoms with Gasteiger partial charge < -0.3 is 4.74 Å². The molecule has 0 aliphatic rings. The fourth-order valence-electron chi connectivity index (χ4n) is 1.36. The third-order valence-electron chi connectivity index (χ3n) is 2.10. The zero-order chi connectivity index (χ0) is 11.5. The molecule has 0 aliphatic carbocycles. The molecule has 2 rings (SSSR count). The molecule has 0 radical (unpaired) electrons. The molecule has 0 amide bonds. The number of aryl methyl sites for hydroxylation is 1. The number of benzene rings is 1. The summed E-state index contributed by atoms with van der Waals surface area (Å²) < 4.78 is 20.8. The van der Waals surface area contributed by atoms with Gasteiger partial charge in [0, 0.05) is 5.69 Å². The zero-order valence-electron chi connectivity index (χ0n) is 8.74. The maximum Gasteiger partial charge on any atom is 0.180 e. The number of aromatic amines is 1. The monoisotopic (exact) mass is 238 g/mol. The van der Waals surface area contributed by atoms with Crippen molar-refractivity contribution in [2.45, 2.75) is 13.7 Å². The molecule has 3 nitrogen and oxygen atoms in total. The summed E-state index contributed by atoms with van der Waals surface area (Å²) in [5.41, 5.74) is 0.946. The van der Waals surface area contributed by atoms with Gasteiger partial charge in [-0.1, -0.05) is 24.4 Å². The lowest BCUT2D eigenvalue weighted by Gasteiger charge is -2.07. The van der Waals surface area contributed by atoms with Crippen molar-refractivity contribution in [2.75, 3.05) is 0 Å². The van der Waals surface area contributed by atoms with E-state index in [2.05, 4.69) is 5.10 Å². The Morgan fingerprint density at radius 3 is 2.81 bits per heavy atom. The van der Waals surface area contributed by atoms with Crippen LogP contribution in [0.4, 0.5) is 4.39 Å². The van der Waals surface area contributed by atoms with Gasteiger partial charge in [0.2, 0.25) is 0 Å². The zero-order valence-corrected chi connectivity index (χ0v) is 9.55. The van der Waals surface area contributed by atoms with E-state index in [1.165, 1.54) is 6.07 Å². The minimum atomic E-state index is -0.378. The Bertz CT molecular complexity index is 547. The molecule has 1 aromatic heterocycles. The first-order chi connectivity index (χ1) is 7.66.